The molecule has 1 saturated carbocycles. The average Bonchev–Trinajstić information content (AvgIpc) is 2.63. The number of halogens is 3. The van der Waals surface area contributed by atoms with Crippen LogP contribution in [0, 0.1) is 5.92 Å². The van der Waals surface area contributed by atoms with Gasteiger partial charge >= 0.3 is 6.18 Å². The van der Waals surface area contributed by atoms with Gasteiger partial charge in [-0.2, -0.15) is 18.1 Å². The smallest absolute Gasteiger partial charge is 0.353 e. The highest BCUT2D eigenvalue weighted by molar-refractivity contribution is 5.01. The third kappa shape index (κ3) is 1.82. The van der Waals surface area contributed by atoms with Gasteiger partial charge in [0, 0.05) is 13.5 Å². The molecule has 4 fully saturated rings. The minimum absolute atomic E-state index is 0.0158. The molecule has 110 valence electrons. The summed E-state index contributed by atoms with van der Waals surface area (Å²) in [5.41, 5.74) is -0.891. The molecular weight excluding hydrogens is 265 g/mol. The molecule has 0 amide bonds. The van der Waals surface area contributed by atoms with Crippen LogP contribution in [0.25, 0.3) is 0 Å². The fourth-order valence-corrected chi connectivity index (χ4v) is 3.49. The second-order valence-electron chi connectivity index (χ2n) is 5.54. The molecule has 4 atom stereocenters. The predicted octanol–water partition coefficient (Wildman–Crippen LogP) is 2.92. The van der Waals surface area contributed by atoms with E-state index in [1.165, 1.54) is 7.11 Å². The predicted molar refractivity (Wildman–Crippen MR) is 56.8 cm³/mol. The molecule has 4 rings (SSSR count). The number of fused-ring (bicyclic) bond motifs is 3. The lowest BCUT2D eigenvalue weighted by molar-refractivity contribution is -0.587. The number of hydrogen-bond acceptors (Lipinski definition) is 4. The van der Waals surface area contributed by atoms with Crippen molar-refractivity contribution in [1.82, 2.24) is 0 Å². The van der Waals surface area contributed by atoms with E-state index < -0.39 is 23.9 Å². The fourth-order valence-electron chi connectivity index (χ4n) is 3.49. The lowest BCUT2D eigenvalue weighted by Crippen LogP contribution is -2.63. The lowest BCUT2D eigenvalue weighted by Gasteiger charge is -2.49. The highest BCUT2D eigenvalue weighted by atomic mass is 19.4. The average molecular weight is 282 g/mol. The summed E-state index contributed by atoms with van der Waals surface area (Å²) < 4.78 is 49.9. The van der Waals surface area contributed by atoms with E-state index in [4.69, 9.17) is 19.2 Å². The zero-order chi connectivity index (χ0) is 13.7. The second-order valence-corrected chi connectivity index (χ2v) is 5.54. The summed E-state index contributed by atoms with van der Waals surface area (Å²) in [4.78, 5) is 9.98. The van der Waals surface area contributed by atoms with Crippen LogP contribution in [0.5, 0.6) is 0 Å². The Labute approximate surface area is 109 Å². The Bertz CT molecular complexity index is 357. The quantitative estimate of drug-likeness (QED) is 0.693. The topological polar surface area (TPSA) is 36.9 Å². The van der Waals surface area contributed by atoms with Crippen molar-refractivity contribution in [1.29, 1.82) is 0 Å². The van der Waals surface area contributed by atoms with Crippen LogP contribution in [0.4, 0.5) is 13.2 Å². The van der Waals surface area contributed by atoms with Gasteiger partial charge < -0.3 is 9.47 Å². The molecule has 3 heterocycles. The summed E-state index contributed by atoms with van der Waals surface area (Å²) in [7, 11) is 1.35. The monoisotopic (exact) mass is 282 g/mol. The van der Waals surface area contributed by atoms with Crippen molar-refractivity contribution >= 4 is 0 Å². The minimum atomic E-state index is -4.64. The molecule has 0 aromatic rings. The summed E-state index contributed by atoms with van der Waals surface area (Å²) >= 11 is 0. The standard InChI is InChI=1S/C12H17F3O4/c1-16-9-10-6-3-2-4-8(10)5-7-11(17-9,19-18-10)12(13,14)15/h8-9H,2-7H2,1H3/t8?,9?,10-,11-/m0/s1. The van der Waals surface area contributed by atoms with Gasteiger partial charge in [0.15, 0.2) is 11.9 Å². The first kappa shape index (κ1) is 13.6. The Hall–Kier alpha value is -0.370. The van der Waals surface area contributed by atoms with Gasteiger partial charge in [0.1, 0.15) is 0 Å². The van der Waals surface area contributed by atoms with Crippen molar-refractivity contribution in [2.24, 2.45) is 5.92 Å². The highest BCUT2D eigenvalue weighted by Crippen LogP contribution is 2.55. The zero-order valence-corrected chi connectivity index (χ0v) is 10.7. The normalized spacial score (nSPS) is 46.7. The number of rotatable bonds is 1. The first-order valence-electron chi connectivity index (χ1n) is 6.58. The van der Waals surface area contributed by atoms with Crippen LogP contribution in [0.2, 0.25) is 0 Å². The summed E-state index contributed by atoms with van der Waals surface area (Å²) in [5, 5.41) is 0. The van der Waals surface area contributed by atoms with Gasteiger partial charge in [0.25, 0.3) is 5.79 Å². The number of alkyl halides is 3. The van der Waals surface area contributed by atoms with Crippen LogP contribution in [-0.2, 0) is 19.2 Å². The van der Waals surface area contributed by atoms with E-state index in [9.17, 15) is 13.2 Å². The van der Waals surface area contributed by atoms with Crippen LogP contribution in [0.15, 0.2) is 0 Å². The molecule has 1 aliphatic carbocycles. The lowest BCUT2D eigenvalue weighted by atomic mass is 9.73. The van der Waals surface area contributed by atoms with Gasteiger partial charge in [-0.15, -0.1) is 0 Å². The second kappa shape index (κ2) is 4.31. The van der Waals surface area contributed by atoms with E-state index in [0.29, 0.717) is 12.8 Å². The summed E-state index contributed by atoms with van der Waals surface area (Å²) in [5.74, 6) is -2.70. The summed E-state index contributed by atoms with van der Waals surface area (Å²) in [6.07, 6.45) is -2.26. The van der Waals surface area contributed by atoms with Crippen molar-refractivity contribution in [3.05, 3.63) is 0 Å². The maximum absolute atomic E-state index is 13.2. The molecule has 1 spiro atoms. The number of methoxy groups -OCH3 is 1. The first-order chi connectivity index (χ1) is 8.94. The van der Waals surface area contributed by atoms with E-state index in [1.807, 2.05) is 0 Å². The molecule has 4 aliphatic rings. The van der Waals surface area contributed by atoms with Gasteiger partial charge in [-0.25, -0.2) is 4.89 Å². The van der Waals surface area contributed by atoms with E-state index in [2.05, 4.69) is 0 Å². The molecule has 7 heteroatoms. The van der Waals surface area contributed by atoms with Crippen LogP contribution < -0.4 is 0 Å². The van der Waals surface area contributed by atoms with Crippen molar-refractivity contribution in [2.75, 3.05) is 7.11 Å². The zero-order valence-electron chi connectivity index (χ0n) is 10.7. The van der Waals surface area contributed by atoms with Crippen molar-refractivity contribution in [2.45, 2.75) is 62.4 Å². The molecule has 0 N–H and O–H groups in total. The van der Waals surface area contributed by atoms with Crippen molar-refractivity contribution in [3.8, 4) is 0 Å². The van der Waals surface area contributed by atoms with Crippen LogP contribution in [0.3, 0.4) is 0 Å². The SMILES string of the molecule is COC1O[C@@]2(C(F)(F)F)CCC3CCCC[C@]31OO2. The Morgan fingerprint density at radius 3 is 2.58 bits per heavy atom. The summed E-state index contributed by atoms with van der Waals surface area (Å²) in [6, 6.07) is 0. The third-order valence-electron chi connectivity index (χ3n) is 4.56. The minimum Gasteiger partial charge on any atom is -0.353 e. The maximum atomic E-state index is 13.2. The molecule has 2 bridgehead atoms. The van der Waals surface area contributed by atoms with E-state index in [-0.39, 0.29) is 12.3 Å². The summed E-state index contributed by atoms with van der Waals surface area (Å²) in [6.45, 7) is 0. The van der Waals surface area contributed by atoms with E-state index >= 15 is 0 Å². The molecule has 3 saturated heterocycles. The Morgan fingerprint density at radius 1 is 1.11 bits per heavy atom. The first-order valence-corrected chi connectivity index (χ1v) is 6.58. The molecule has 0 radical (unpaired) electrons. The number of ether oxygens (including phenoxy) is 2. The van der Waals surface area contributed by atoms with E-state index in [1.54, 1.807) is 0 Å². The van der Waals surface area contributed by atoms with Gasteiger partial charge in [-0.1, -0.05) is 12.8 Å². The Balaban J connectivity index is 1.98. The van der Waals surface area contributed by atoms with Gasteiger partial charge in [-0.05, 0) is 25.2 Å². The third-order valence-corrected chi connectivity index (χ3v) is 4.56. The largest absolute Gasteiger partial charge is 0.446 e. The molecule has 0 aromatic carbocycles. The maximum Gasteiger partial charge on any atom is 0.446 e. The molecule has 4 nitrogen and oxygen atoms in total. The number of hydrogen-bond donors (Lipinski definition) is 0. The molecule has 2 unspecified atom stereocenters. The van der Waals surface area contributed by atoms with Crippen LogP contribution in [-0.4, -0.2) is 31.0 Å². The van der Waals surface area contributed by atoms with E-state index in [0.717, 1.165) is 19.3 Å². The molecule has 0 aromatic heterocycles. The van der Waals surface area contributed by atoms with Gasteiger partial charge in [0.05, 0.1) is 0 Å². The van der Waals surface area contributed by atoms with Gasteiger partial charge in [-0.3, -0.25) is 0 Å². The fraction of sp³-hybridized carbons (Fsp3) is 1.00. The molecule has 19 heavy (non-hydrogen) atoms. The van der Waals surface area contributed by atoms with Gasteiger partial charge in [0.2, 0.25) is 0 Å². The Kier molecular flexibility index (Phi) is 3.09. The van der Waals surface area contributed by atoms with Crippen LogP contribution >= 0.6 is 0 Å². The van der Waals surface area contributed by atoms with Crippen LogP contribution in [0.1, 0.15) is 38.5 Å². The highest BCUT2D eigenvalue weighted by Gasteiger charge is 2.70. The van der Waals surface area contributed by atoms with Crippen molar-refractivity contribution in [3.63, 3.8) is 0 Å². The molecule has 3 aliphatic heterocycles. The Morgan fingerprint density at radius 2 is 1.89 bits per heavy atom. The van der Waals surface area contributed by atoms with Crippen molar-refractivity contribution < 1.29 is 32.4 Å². The molecular formula is C12H17F3O4.